The van der Waals surface area contributed by atoms with Crippen LogP contribution in [0, 0.1) is 0 Å². The summed E-state index contributed by atoms with van der Waals surface area (Å²) in [6.07, 6.45) is 6.47. The summed E-state index contributed by atoms with van der Waals surface area (Å²) in [6.45, 7) is 5.27. The fraction of sp³-hybridized carbons (Fsp3) is 0.667. The van der Waals surface area contributed by atoms with E-state index in [0.29, 0.717) is 0 Å². The van der Waals surface area contributed by atoms with E-state index in [0.717, 1.165) is 32.7 Å². The molecule has 2 aliphatic rings. The van der Waals surface area contributed by atoms with Crippen molar-refractivity contribution in [2.45, 2.75) is 37.5 Å². The molecule has 0 amide bonds. The molecule has 1 saturated carbocycles. The Labute approximate surface area is 143 Å². The van der Waals surface area contributed by atoms with Gasteiger partial charge in [0.1, 0.15) is 0 Å². The van der Waals surface area contributed by atoms with Crippen LogP contribution < -0.4 is 10.6 Å². The molecule has 0 radical (unpaired) electrons. The van der Waals surface area contributed by atoms with Crippen molar-refractivity contribution < 1.29 is 0 Å². The van der Waals surface area contributed by atoms with Crippen molar-refractivity contribution >= 4 is 21.6 Å². The van der Waals surface area contributed by atoms with Gasteiger partial charge < -0.3 is 15.5 Å². The fourth-order valence-corrected chi connectivity index (χ4v) is 4.61. The van der Waals surface area contributed by atoms with Crippen LogP contribution >= 0.6 is 15.9 Å². The van der Waals surface area contributed by atoms with Gasteiger partial charge in [-0.25, -0.2) is 0 Å². The van der Waals surface area contributed by atoms with Crippen LogP contribution in [0.25, 0.3) is 0 Å². The van der Waals surface area contributed by atoms with Crippen LogP contribution in [0.5, 0.6) is 0 Å². The van der Waals surface area contributed by atoms with Gasteiger partial charge in [-0.15, -0.1) is 0 Å². The monoisotopic (exact) mass is 365 g/mol. The third-order valence-corrected chi connectivity index (χ3v) is 6.24. The average Bonchev–Trinajstić information content (AvgIpc) is 2.56. The Balaban J connectivity index is 1.82. The van der Waals surface area contributed by atoms with E-state index >= 15 is 0 Å². The third kappa shape index (κ3) is 3.19. The number of piperazine rings is 1. The lowest BCUT2D eigenvalue weighted by Gasteiger charge is -2.38. The second-order valence-corrected chi connectivity index (χ2v) is 7.86. The first-order chi connectivity index (χ1) is 10.6. The van der Waals surface area contributed by atoms with E-state index in [1.807, 2.05) is 0 Å². The molecule has 0 spiro atoms. The molecule has 3 rings (SSSR count). The number of rotatable bonds is 3. The number of nitrogens with zero attached hydrogens (tertiary/aromatic N) is 2. The van der Waals surface area contributed by atoms with E-state index in [1.54, 1.807) is 0 Å². The Bertz CT molecular complexity index is 503. The van der Waals surface area contributed by atoms with Crippen LogP contribution in [-0.2, 0) is 5.41 Å². The van der Waals surface area contributed by atoms with Gasteiger partial charge >= 0.3 is 0 Å². The van der Waals surface area contributed by atoms with Crippen molar-refractivity contribution in [2.24, 2.45) is 5.73 Å². The summed E-state index contributed by atoms with van der Waals surface area (Å²) in [5.74, 6) is 0. The van der Waals surface area contributed by atoms with Gasteiger partial charge in [-0.2, -0.15) is 0 Å². The Hall–Kier alpha value is -0.580. The molecule has 1 aromatic rings. The molecule has 1 aromatic carbocycles. The average molecular weight is 366 g/mol. The van der Waals surface area contributed by atoms with Crippen LogP contribution in [0.4, 0.5) is 5.69 Å². The molecular weight excluding hydrogens is 338 g/mol. The minimum absolute atomic E-state index is 0.210. The minimum atomic E-state index is 0.210. The Kier molecular flexibility index (Phi) is 5.10. The van der Waals surface area contributed by atoms with Crippen molar-refractivity contribution in [3.8, 4) is 0 Å². The maximum atomic E-state index is 6.19. The van der Waals surface area contributed by atoms with Crippen molar-refractivity contribution in [1.29, 1.82) is 0 Å². The first-order valence-corrected chi connectivity index (χ1v) is 9.37. The van der Waals surface area contributed by atoms with Gasteiger partial charge in [-0.1, -0.05) is 25.3 Å². The van der Waals surface area contributed by atoms with Crippen LogP contribution in [0.2, 0.25) is 0 Å². The largest absolute Gasteiger partial charge is 0.368 e. The van der Waals surface area contributed by atoms with Crippen LogP contribution in [0.1, 0.15) is 37.7 Å². The molecular formula is C18H28BrN3. The van der Waals surface area contributed by atoms with Gasteiger partial charge in [0.05, 0.1) is 5.69 Å². The quantitative estimate of drug-likeness (QED) is 0.891. The van der Waals surface area contributed by atoms with E-state index in [1.165, 1.54) is 47.8 Å². The SMILES string of the molecule is CN1CCN(c2ccc(C3(CN)CCCCC3)cc2Br)CC1. The van der Waals surface area contributed by atoms with Gasteiger partial charge in [0.2, 0.25) is 0 Å². The lowest BCUT2D eigenvalue weighted by molar-refractivity contribution is 0.300. The molecule has 2 fully saturated rings. The lowest BCUT2D eigenvalue weighted by Crippen LogP contribution is -2.44. The summed E-state index contributed by atoms with van der Waals surface area (Å²) in [7, 11) is 2.20. The molecule has 0 aromatic heterocycles. The molecule has 1 heterocycles. The van der Waals surface area contributed by atoms with Gasteiger partial charge in [-0.3, -0.25) is 0 Å². The number of benzene rings is 1. The summed E-state index contributed by atoms with van der Waals surface area (Å²) < 4.78 is 1.23. The summed E-state index contributed by atoms with van der Waals surface area (Å²) in [4.78, 5) is 4.88. The van der Waals surface area contributed by atoms with Gasteiger partial charge in [0, 0.05) is 42.6 Å². The van der Waals surface area contributed by atoms with Crippen molar-refractivity contribution in [3.05, 3.63) is 28.2 Å². The van der Waals surface area contributed by atoms with E-state index in [2.05, 4.69) is 51.0 Å². The molecule has 122 valence electrons. The molecule has 0 unspecified atom stereocenters. The fourth-order valence-electron chi connectivity index (χ4n) is 3.98. The Morgan fingerprint density at radius 2 is 1.77 bits per heavy atom. The number of anilines is 1. The normalized spacial score (nSPS) is 22.8. The Morgan fingerprint density at radius 1 is 1.09 bits per heavy atom. The maximum absolute atomic E-state index is 6.19. The minimum Gasteiger partial charge on any atom is -0.368 e. The molecule has 1 aliphatic carbocycles. The summed E-state index contributed by atoms with van der Waals surface area (Å²) in [5, 5.41) is 0. The van der Waals surface area contributed by atoms with Crippen LogP contribution in [-0.4, -0.2) is 44.7 Å². The number of likely N-dealkylation sites (N-methyl/N-ethyl adjacent to an activating group) is 1. The van der Waals surface area contributed by atoms with Gasteiger partial charge in [-0.05, 0) is 53.5 Å². The maximum Gasteiger partial charge on any atom is 0.0511 e. The molecule has 2 N–H and O–H groups in total. The molecule has 3 nitrogen and oxygen atoms in total. The summed E-state index contributed by atoms with van der Waals surface area (Å²) >= 11 is 3.82. The number of halogens is 1. The molecule has 1 aliphatic heterocycles. The van der Waals surface area contributed by atoms with Gasteiger partial charge in [0.25, 0.3) is 0 Å². The Morgan fingerprint density at radius 3 is 2.36 bits per heavy atom. The van der Waals surface area contributed by atoms with Crippen LogP contribution in [0.15, 0.2) is 22.7 Å². The second-order valence-electron chi connectivity index (χ2n) is 7.00. The summed E-state index contributed by atoms with van der Waals surface area (Å²) in [5.41, 5.74) is 9.16. The highest BCUT2D eigenvalue weighted by molar-refractivity contribution is 9.10. The highest BCUT2D eigenvalue weighted by Gasteiger charge is 2.33. The van der Waals surface area contributed by atoms with E-state index in [9.17, 15) is 0 Å². The van der Waals surface area contributed by atoms with Crippen LogP contribution in [0.3, 0.4) is 0 Å². The highest BCUT2D eigenvalue weighted by atomic mass is 79.9. The van der Waals surface area contributed by atoms with E-state index in [4.69, 9.17) is 5.73 Å². The molecule has 0 atom stereocenters. The molecule has 1 saturated heterocycles. The molecule has 4 heteroatoms. The third-order valence-electron chi connectivity index (χ3n) is 5.61. The first kappa shape index (κ1) is 16.3. The van der Waals surface area contributed by atoms with E-state index < -0.39 is 0 Å². The lowest BCUT2D eigenvalue weighted by atomic mass is 9.69. The zero-order valence-electron chi connectivity index (χ0n) is 13.7. The first-order valence-electron chi connectivity index (χ1n) is 8.58. The molecule has 22 heavy (non-hydrogen) atoms. The number of nitrogens with two attached hydrogens (primary N) is 1. The van der Waals surface area contributed by atoms with Gasteiger partial charge in [0.15, 0.2) is 0 Å². The second kappa shape index (κ2) is 6.90. The van der Waals surface area contributed by atoms with Crippen molar-refractivity contribution in [2.75, 3.05) is 44.7 Å². The molecule has 0 bridgehead atoms. The van der Waals surface area contributed by atoms with Crippen molar-refractivity contribution in [3.63, 3.8) is 0 Å². The smallest absolute Gasteiger partial charge is 0.0511 e. The number of hydrogen-bond acceptors (Lipinski definition) is 3. The topological polar surface area (TPSA) is 32.5 Å². The predicted molar refractivity (Wildman–Crippen MR) is 97.7 cm³/mol. The van der Waals surface area contributed by atoms with E-state index in [-0.39, 0.29) is 5.41 Å². The highest BCUT2D eigenvalue weighted by Crippen LogP contribution is 2.41. The standard InChI is InChI=1S/C18H28BrN3/c1-21-9-11-22(12-10-21)17-6-5-15(13-16(17)19)18(14-20)7-3-2-4-8-18/h5-6,13H,2-4,7-12,14,20H2,1H3. The number of hydrogen-bond donors (Lipinski definition) is 1. The zero-order valence-corrected chi connectivity index (χ0v) is 15.2. The van der Waals surface area contributed by atoms with Crippen molar-refractivity contribution in [1.82, 2.24) is 4.90 Å². The summed E-state index contributed by atoms with van der Waals surface area (Å²) in [6, 6.07) is 6.97. The predicted octanol–water partition coefficient (Wildman–Crippen LogP) is 3.36. The zero-order chi connectivity index (χ0) is 15.6.